The number of nitro groups is 1. The standard InChI is InChI=1S/C20H12Cl2N4O2/c21-15-8-7-14(17(22)11-15)12-23-20-19(24-18-6-1-2-9-25(18)20)13-4-3-5-16(10-13)26(27)28/h1-12H/b23-12+. The van der Waals surface area contributed by atoms with Crippen LogP contribution >= 0.6 is 23.2 Å². The van der Waals surface area contributed by atoms with E-state index in [-0.39, 0.29) is 5.69 Å². The molecule has 0 N–H and O–H groups in total. The molecular weight excluding hydrogens is 399 g/mol. The molecule has 0 spiro atoms. The molecule has 2 aromatic carbocycles. The fraction of sp³-hybridized carbons (Fsp3) is 0. The molecule has 2 heterocycles. The maximum atomic E-state index is 11.1. The fourth-order valence-electron chi connectivity index (χ4n) is 2.80. The molecule has 0 unspecified atom stereocenters. The van der Waals surface area contributed by atoms with Crippen molar-refractivity contribution in [3.63, 3.8) is 0 Å². The minimum Gasteiger partial charge on any atom is -0.284 e. The first-order chi connectivity index (χ1) is 13.5. The van der Waals surface area contributed by atoms with Crippen molar-refractivity contribution in [2.24, 2.45) is 4.99 Å². The molecule has 28 heavy (non-hydrogen) atoms. The zero-order chi connectivity index (χ0) is 19.7. The number of hydrogen-bond acceptors (Lipinski definition) is 4. The van der Waals surface area contributed by atoms with Crippen LogP contribution < -0.4 is 0 Å². The average molecular weight is 411 g/mol. The normalized spacial score (nSPS) is 11.4. The van der Waals surface area contributed by atoms with Crippen molar-refractivity contribution in [1.82, 2.24) is 9.38 Å². The summed E-state index contributed by atoms with van der Waals surface area (Å²) in [5.41, 5.74) is 2.51. The monoisotopic (exact) mass is 410 g/mol. The van der Waals surface area contributed by atoms with Crippen LogP contribution in [0.5, 0.6) is 0 Å². The van der Waals surface area contributed by atoms with Gasteiger partial charge in [0.2, 0.25) is 0 Å². The average Bonchev–Trinajstić information content (AvgIpc) is 3.06. The highest BCUT2D eigenvalue weighted by molar-refractivity contribution is 6.36. The van der Waals surface area contributed by atoms with Gasteiger partial charge in [-0.25, -0.2) is 9.98 Å². The van der Waals surface area contributed by atoms with Crippen molar-refractivity contribution in [1.29, 1.82) is 0 Å². The lowest BCUT2D eigenvalue weighted by Crippen LogP contribution is -1.89. The quantitative estimate of drug-likeness (QED) is 0.236. The van der Waals surface area contributed by atoms with E-state index in [1.165, 1.54) is 12.1 Å². The Kier molecular flexibility index (Phi) is 4.81. The molecule has 0 aliphatic heterocycles. The zero-order valence-electron chi connectivity index (χ0n) is 14.3. The van der Waals surface area contributed by atoms with E-state index in [1.54, 1.807) is 36.5 Å². The number of nitrogens with zero attached hydrogens (tertiary/aromatic N) is 4. The highest BCUT2D eigenvalue weighted by Crippen LogP contribution is 2.33. The molecule has 8 heteroatoms. The molecule has 0 aliphatic rings. The van der Waals surface area contributed by atoms with Crippen molar-refractivity contribution in [3.8, 4) is 11.3 Å². The van der Waals surface area contributed by atoms with E-state index in [1.807, 2.05) is 28.8 Å². The minimum atomic E-state index is -0.435. The Balaban J connectivity index is 1.87. The molecular formula is C20H12Cl2N4O2. The fourth-order valence-corrected chi connectivity index (χ4v) is 3.26. The molecule has 4 rings (SSSR count). The first kappa shape index (κ1) is 18.2. The number of hydrogen-bond donors (Lipinski definition) is 0. The Hall–Kier alpha value is -3.22. The van der Waals surface area contributed by atoms with E-state index in [4.69, 9.17) is 23.2 Å². The number of benzene rings is 2. The predicted octanol–water partition coefficient (Wildman–Crippen LogP) is 5.97. The van der Waals surface area contributed by atoms with Gasteiger partial charge in [-0.1, -0.05) is 47.5 Å². The van der Waals surface area contributed by atoms with E-state index < -0.39 is 4.92 Å². The second kappa shape index (κ2) is 7.42. The number of nitro benzene ring substituents is 1. The van der Waals surface area contributed by atoms with Crippen molar-refractivity contribution in [3.05, 3.63) is 92.6 Å². The SMILES string of the molecule is O=[N+]([O-])c1cccc(-c2nc3ccccn3c2/N=C/c2ccc(Cl)cc2Cl)c1. The van der Waals surface area contributed by atoms with Crippen LogP contribution in [0.4, 0.5) is 11.5 Å². The maximum Gasteiger partial charge on any atom is 0.270 e. The number of fused-ring (bicyclic) bond motifs is 1. The topological polar surface area (TPSA) is 72.8 Å². The number of rotatable bonds is 4. The van der Waals surface area contributed by atoms with Crippen LogP contribution in [-0.2, 0) is 0 Å². The summed E-state index contributed by atoms with van der Waals surface area (Å²) in [5, 5.41) is 12.2. The van der Waals surface area contributed by atoms with E-state index >= 15 is 0 Å². The summed E-state index contributed by atoms with van der Waals surface area (Å²) in [4.78, 5) is 19.9. The second-order valence-electron chi connectivity index (χ2n) is 5.94. The lowest BCUT2D eigenvalue weighted by atomic mass is 10.1. The van der Waals surface area contributed by atoms with Gasteiger partial charge >= 0.3 is 0 Å². The molecule has 0 bridgehead atoms. The zero-order valence-corrected chi connectivity index (χ0v) is 15.8. The second-order valence-corrected chi connectivity index (χ2v) is 6.79. The lowest BCUT2D eigenvalue weighted by Gasteiger charge is -2.02. The molecule has 0 saturated carbocycles. The van der Waals surface area contributed by atoms with Crippen LogP contribution in [0.15, 0.2) is 71.9 Å². The molecule has 0 atom stereocenters. The molecule has 0 fully saturated rings. The van der Waals surface area contributed by atoms with Crippen molar-refractivity contribution in [2.45, 2.75) is 0 Å². The molecule has 2 aromatic heterocycles. The van der Waals surface area contributed by atoms with Crippen LogP contribution in [0.2, 0.25) is 10.0 Å². The van der Waals surface area contributed by atoms with Gasteiger partial charge in [0.25, 0.3) is 5.69 Å². The third kappa shape index (κ3) is 3.47. The molecule has 0 aliphatic carbocycles. The summed E-state index contributed by atoms with van der Waals surface area (Å²) >= 11 is 12.2. The molecule has 0 saturated heterocycles. The van der Waals surface area contributed by atoms with Crippen molar-refractivity contribution in [2.75, 3.05) is 0 Å². The molecule has 4 aromatic rings. The third-order valence-corrected chi connectivity index (χ3v) is 4.69. The van der Waals surface area contributed by atoms with Gasteiger partial charge < -0.3 is 0 Å². The number of pyridine rings is 1. The number of non-ortho nitro benzene ring substituents is 1. The van der Waals surface area contributed by atoms with Gasteiger partial charge in [-0.2, -0.15) is 0 Å². The molecule has 0 amide bonds. The van der Waals surface area contributed by atoms with Gasteiger partial charge in [0.05, 0.1) is 9.95 Å². The largest absolute Gasteiger partial charge is 0.284 e. The van der Waals surface area contributed by atoms with E-state index in [2.05, 4.69) is 9.98 Å². The van der Waals surface area contributed by atoms with Crippen molar-refractivity contribution >= 4 is 46.6 Å². The highest BCUT2D eigenvalue weighted by Gasteiger charge is 2.16. The smallest absolute Gasteiger partial charge is 0.270 e. The van der Waals surface area contributed by atoms with Gasteiger partial charge in [-0.3, -0.25) is 14.5 Å². The molecule has 138 valence electrons. The Morgan fingerprint density at radius 2 is 1.93 bits per heavy atom. The summed E-state index contributed by atoms with van der Waals surface area (Å²) in [6, 6.07) is 17.0. The van der Waals surface area contributed by atoms with Gasteiger partial charge in [-0.05, 0) is 24.3 Å². The van der Waals surface area contributed by atoms with Gasteiger partial charge in [0.1, 0.15) is 11.3 Å². The Labute approximate surface area is 169 Å². The first-order valence-electron chi connectivity index (χ1n) is 8.24. The summed E-state index contributed by atoms with van der Waals surface area (Å²) in [5.74, 6) is 0.544. The van der Waals surface area contributed by atoms with Gasteiger partial charge in [-0.15, -0.1) is 0 Å². The first-order valence-corrected chi connectivity index (χ1v) is 8.99. The Bertz CT molecular complexity index is 1230. The maximum absolute atomic E-state index is 11.1. The van der Waals surface area contributed by atoms with Crippen LogP contribution in [0.3, 0.4) is 0 Å². The molecule has 6 nitrogen and oxygen atoms in total. The molecule has 0 radical (unpaired) electrons. The van der Waals surface area contributed by atoms with Gasteiger partial charge in [0, 0.05) is 40.7 Å². The van der Waals surface area contributed by atoms with E-state index in [9.17, 15) is 10.1 Å². The summed E-state index contributed by atoms with van der Waals surface area (Å²) in [7, 11) is 0. The number of imidazole rings is 1. The number of aliphatic imine (C=N–C) groups is 1. The third-order valence-electron chi connectivity index (χ3n) is 4.12. The van der Waals surface area contributed by atoms with Gasteiger partial charge in [0.15, 0.2) is 5.82 Å². The van der Waals surface area contributed by atoms with E-state index in [0.29, 0.717) is 38.3 Å². The van der Waals surface area contributed by atoms with Crippen molar-refractivity contribution < 1.29 is 4.92 Å². The summed E-state index contributed by atoms with van der Waals surface area (Å²) in [6.45, 7) is 0. The number of aromatic nitrogens is 2. The Morgan fingerprint density at radius 3 is 2.71 bits per heavy atom. The van der Waals surface area contributed by atoms with Crippen LogP contribution in [0, 0.1) is 10.1 Å². The van der Waals surface area contributed by atoms with Crippen LogP contribution in [0.1, 0.15) is 5.56 Å². The van der Waals surface area contributed by atoms with E-state index in [0.717, 1.165) is 0 Å². The summed E-state index contributed by atoms with van der Waals surface area (Å²) < 4.78 is 1.81. The lowest BCUT2D eigenvalue weighted by molar-refractivity contribution is -0.384. The Morgan fingerprint density at radius 1 is 1.07 bits per heavy atom. The highest BCUT2D eigenvalue weighted by atomic mass is 35.5. The van der Waals surface area contributed by atoms with Crippen LogP contribution in [0.25, 0.3) is 16.9 Å². The van der Waals surface area contributed by atoms with Crippen LogP contribution in [-0.4, -0.2) is 20.5 Å². The number of halogens is 2. The summed E-state index contributed by atoms with van der Waals surface area (Å²) in [6.07, 6.45) is 3.45. The minimum absolute atomic E-state index is 0.00904. The predicted molar refractivity (Wildman–Crippen MR) is 111 cm³/mol.